The second-order valence-electron chi connectivity index (χ2n) is 6.14. The normalized spacial score (nSPS) is 27.3. The molecule has 2 heterocycles. The highest BCUT2D eigenvalue weighted by Crippen LogP contribution is 2.22. The number of nitrogens with zero attached hydrogens (tertiary/aromatic N) is 3. The van der Waals surface area contributed by atoms with Crippen molar-refractivity contribution in [3.63, 3.8) is 0 Å². The number of ether oxygens (including phenoxy) is 1. The van der Waals surface area contributed by atoms with Crippen molar-refractivity contribution in [2.45, 2.75) is 32.7 Å². The molecule has 1 unspecified atom stereocenters. The second-order valence-corrected chi connectivity index (χ2v) is 6.14. The third kappa shape index (κ3) is 3.68. The van der Waals surface area contributed by atoms with E-state index in [0.717, 1.165) is 39.3 Å². The van der Waals surface area contributed by atoms with Crippen molar-refractivity contribution in [2.24, 2.45) is 5.41 Å². The van der Waals surface area contributed by atoms with Crippen molar-refractivity contribution >= 4 is 0 Å². The molecule has 2 fully saturated rings. The van der Waals surface area contributed by atoms with E-state index in [2.05, 4.69) is 15.9 Å². The first-order chi connectivity index (χ1) is 8.61. The predicted octanol–water partition coefficient (Wildman–Crippen LogP) is 1.33. The molecule has 4 nitrogen and oxygen atoms in total. The first kappa shape index (κ1) is 13.8. The largest absolute Gasteiger partial charge is 0.379 e. The van der Waals surface area contributed by atoms with Gasteiger partial charge in [0.05, 0.1) is 24.7 Å². The lowest BCUT2D eigenvalue weighted by atomic mass is 9.91. The number of hydrogen-bond donors (Lipinski definition) is 0. The Hall–Kier alpha value is -0.630. The highest BCUT2D eigenvalue weighted by Gasteiger charge is 2.29. The number of nitriles is 1. The lowest BCUT2D eigenvalue weighted by Crippen LogP contribution is -2.44. The number of likely N-dealkylation sites (tertiary alicyclic amines) is 1. The highest BCUT2D eigenvalue weighted by atomic mass is 16.5. The number of rotatable bonds is 4. The fourth-order valence-electron chi connectivity index (χ4n) is 2.75. The molecule has 2 aliphatic heterocycles. The smallest absolute Gasteiger partial charge is 0.0684 e. The Labute approximate surface area is 110 Å². The minimum atomic E-state index is -0.183. The molecule has 2 saturated heterocycles. The van der Waals surface area contributed by atoms with Crippen LogP contribution in [-0.4, -0.2) is 61.8 Å². The first-order valence-electron chi connectivity index (χ1n) is 7.06. The molecule has 4 heteroatoms. The summed E-state index contributed by atoms with van der Waals surface area (Å²) in [5.41, 5.74) is -0.183. The van der Waals surface area contributed by atoms with E-state index in [1.54, 1.807) is 0 Å². The standard InChI is InChI=1S/C14H25N3O/c1-14(2,12-15)4-6-16-5-3-13(11-16)17-7-9-18-10-8-17/h13H,3-11H2,1-2H3. The van der Waals surface area contributed by atoms with Crippen LogP contribution >= 0.6 is 0 Å². The van der Waals surface area contributed by atoms with Gasteiger partial charge in [-0.1, -0.05) is 0 Å². The van der Waals surface area contributed by atoms with E-state index in [1.807, 2.05) is 13.8 Å². The topological polar surface area (TPSA) is 39.5 Å². The summed E-state index contributed by atoms with van der Waals surface area (Å²) in [6.07, 6.45) is 2.24. The Bertz CT molecular complexity index is 305. The SMILES string of the molecule is CC(C)(C#N)CCN1CCC(N2CCOCC2)C1. The van der Waals surface area contributed by atoms with Crippen LogP contribution in [0, 0.1) is 16.7 Å². The fraction of sp³-hybridized carbons (Fsp3) is 0.929. The van der Waals surface area contributed by atoms with Crippen LogP contribution in [0.25, 0.3) is 0 Å². The summed E-state index contributed by atoms with van der Waals surface area (Å²) in [7, 11) is 0. The molecule has 102 valence electrons. The minimum absolute atomic E-state index is 0.183. The Balaban J connectivity index is 1.73. The van der Waals surface area contributed by atoms with Gasteiger partial charge in [0.25, 0.3) is 0 Å². The van der Waals surface area contributed by atoms with Crippen molar-refractivity contribution in [1.29, 1.82) is 5.26 Å². The zero-order valence-electron chi connectivity index (χ0n) is 11.7. The monoisotopic (exact) mass is 251 g/mol. The lowest BCUT2D eigenvalue weighted by molar-refractivity contribution is 0.0184. The van der Waals surface area contributed by atoms with E-state index >= 15 is 0 Å². The van der Waals surface area contributed by atoms with Crippen LogP contribution in [0.5, 0.6) is 0 Å². The van der Waals surface area contributed by atoms with Crippen molar-refractivity contribution in [2.75, 3.05) is 45.9 Å². The maximum absolute atomic E-state index is 9.03. The van der Waals surface area contributed by atoms with Gasteiger partial charge in [-0.15, -0.1) is 0 Å². The van der Waals surface area contributed by atoms with E-state index in [-0.39, 0.29) is 5.41 Å². The van der Waals surface area contributed by atoms with Crippen LogP contribution in [0.15, 0.2) is 0 Å². The zero-order chi connectivity index (χ0) is 13.0. The van der Waals surface area contributed by atoms with Crippen LogP contribution in [0.3, 0.4) is 0 Å². The Morgan fingerprint density at radius 2 is 2.00 bits per heavy atom. The molecule has 0 aromatic rings. The summed E-state index contributed by atoms with van der Waals surface area (Å²) in [4.78, 5) is 5.08. The van der Waals surface area contributed by atoms with Gasteiger partial charge in [-0.05, 0) is 39.8 Å². The Morgan fingerprint density at radius 3 is 2.67 bits per heavy atom. The van der Waals surface area contributed by atoms with Gasteiger partial charge in [-0.3, -0.25) is 4.90 Å². The summed E-state index contributed by atoms with van der Waals surface area (Å²) in [5.74, 6) is 0. The number of hydrogen-bond acceptors (Lipinski definition) is 4. The molecule has 1 atom stereocenters. The minimum Gasteiger partial charge on any atom is -0.379 e. The van der Waals surface area contributed by atoms with Crippen molar-refractivity contribution < 1.29 is 4.74 Å². The molecular weight excluding hydrogens is 226 g/mol. The third-order valence-corrected chi connectivity index (χ3v) is 4.17. The fourth-order valence-corrected chi connectivity index (χ4v) is 2.75. The van der Waals surface area contributed by atoms with Gasteiger partial charge in [-0.2, -0.15) is 5.26 Å². The van der Waals surface area contributed by atoms with Crippen LogP contribution in [-0.2, 0) is 4.74 Å². The molecule has 0 spiro atoms. The van der Waals surface area contributed by atoms with Crippen LogP contribution in [0.2, 0.25) is 0 Å². The molecule has 0 bridgehead atoms. The van der Waals surface area contributed by atoms with E-state index in [4.69, 9.17) is 10.00 Å². The molecule has 0 aliphatic carbocycles. The van der Waals surface area contributed by atoms with Crippen molar-refractivity contribution in [1.82, 2.24) is 9.80 Å². The summed E-state index contributed by atoms with van der Waals surface area (Å²) < 4.78 is 5.40. The Kier molecular flexibility index (Phi) is 4.60. The molecule has 0 saturated carbocycles. The first-order valence-corrected chi connectivity index (χ1v) is 7.06. The summed E-state index contributed by atoms with van der Waals surface area (Å²) in [6.45, 7) is 11.4. The molecule has 0 aromatic carbocycles. The summed E-state index contributed by atoms with van der Waals surface area (Å²) in [5, 5.41) is 9.03. The second kappa shape index (κ2) is 6.01. The molecule has 0 amide bonds. The lowest BCUT2D eigenvalue weighted by Gasteiger charge is -2.32. The molecule has 0 radical (unpaired) electrons. The van der Waals surface area contributed by atoms with Crippen molar-refractivity contribution in [3.8, 4) is 6.07 Å². The average Bonchev–Trinajstić information content (AvgIpc) is 2.86. The van der Waals surface area contributed by atoms with Crippen molar-refractivity contribution in [3.05, 3.63) is 0 Å². The van der Waals surface area contributed by atoms with Gasteiger partial charge in [-0.25, -0.2) is 0 Å². The maximum atomic E-state index is 9.03. The predicted molar refractivity (Wildman–Crippen MR) is 71.2 cm³/mol. The maximum Gasteiger partial charge on any atom is 0.0684 e. The van der Waals surface area contributed by atoms with Gasteiger partial charge < -0.3 is 9.64 Å². The molecular formula is C14H25N3O. The third-order valence-electron chi connectivity index (χ3n) is 4.17. The van der Waals surface area contributed by atoms with E-state index < -0.39 is 0 Å². The molecule has 2 rings (SSSR count). The number of morpholine rings is 1. The van der Waals surface area contributed by atoms with Gasteiger partial charge in [0, 0.05) is 25.7 Å². The Morgan fingerprint density at radius 1 is 1.28 bits per heavy atom. The van der Waals surface area contributed by atoms with Gasteiger partial charge in [0.2, 0.25) is 0 Å². The van der Waals surface area contributed by atoms with Crippen LogP contribution < -0.4 is 0 Å². The van der Waals surface area contributed by atoms with Gasteiger partial charge >= 0.3 is 0 Å². The molecule has 2 aliphatic rings. The summed E-state index contributed by atoms with van der Waals surface area (Å²) >= 11 is 0. The molecule has 18 heavy (non-hydrogen) atoms. The molecule has 0 N–H and O–H groups in total. The van der Waals surface area contributed by atoms with Crippen LogP contribution in [0.1, 0.15) is 26.7 Å². The van der Waals surface area contributed by atoms with Gasteiger partial charge in [0.1, 0.15) is 0 Å². The van der Waals surface area contributed by atoms with Gasteiger partial charge in [0.15, 0.2) is 0 Å². The van der Waals surface area contributed by atoms with Crippen LogP contribution in [0.4, 0.5) is 0 Å². The zero-order valence-corrected chi connectivity index (χ0v) is 11.7. The summed E-state index contributed by atoms with van der Waals surface area (Å²) in [6, 6.07) is 3.09. The molecule has 0 aromatic heterocycles. The van der Waals surface area contributed by atoms with E-state index in [9.17, 15) is 0 Å². The highest BCUT2D eigenvalue weighted by molar-refractivity contribution is 4.93. The average molecular weight is 251 g/mol. The van der Waals surface area contributed by atoms with E-state index in [1.165, 1.54) is 19.5 Å². The van der Waals surface area contributed by atoms with E-state index in [0.29, 0.717) is 6.04 Å². The quantitative estimate of drug-likeness (QED) is 0.756.